The zero-order valence-electron chi connectivity index (χ0n) is 10.3. The van der Waals surface area contributed by atoms with Crippen molar-refractivity contribution in [2.75, 3.05) is 0 Å². The molecule has 4 nitrogen and oxygen atoms in total. The topological polar surface area (TPSA) is 43.6 Å². The lowest BCUT2D eigenvalue weighted by Gasteiger charge is -2.08. The van der Waals surface area contributed by atoms with E-state index in [1.807, 2.05) is 18.5 Å². The minimum atomic E-state index is 0.555. The molecule has 94 valence electrons. The first-order valence-corrected chi connectivity index (χ1v) is 7.14. The monoisotopic (exact) mass is 306 g/mol. The Bertz CT molecular complexity index is 560. The van der Waals surface area contributed by atoms with Crippen LogP contribution in [0.5, 0.6) is 0 Å². The second-order valence-electron chi connectivity index (χ2n) is 4.64. The van der Waals surface area contributed by atoms with Gasteiger partial charge in [0.1, 0.15) is 22.1 Å². The lowest BCUT2D eigenvalue weighted by Crippen LogP contribution is -2.05. The van der Waals surface area contributed by atoms with E-state index in [0.29, 0.717) is 5.92 Å². The summed E-state index contributed by atoms with van der Waals surface area (Å²) in [7, 11) is 0. The Balaban J connectivity index is 2.01. The molecule has 0 aromatic carbocycles. The van der Waals surface area contributed by atoms with Gasteiger partial charge in [0, 0.05) is 30.8 Å². The summed E-state index contributed by atoms with van der Waals surface area (Å²) in [6, 6.07) is 1.95. The van der Waals surface area contributed by atoms with Crippen molar-refractivity contribution in [2.45, 2.75) is 38.5 Å². The predicted molar refractivity (Wildman–Crippen MR) is 72.8 cm³/mol. The van der Waals surface area contributed by atoms with Crippen LogP contribution >= 0.6 is 15.9 Å². The Morgan fingerprint density at radius 3 is 2.94 bits per heavy atom. The number of hydrogen-bond acceptors (Lipinski definition) is 3. The Hall–Kier alpha value is -1.23. The van der Waals surface area contributed by atoms with Crippen LogP contribution in [0.3, 0.4) is 0 Å². The van der Waals surface area contributed by atoms with E-state index in [9.17, 15) is 0 Å². The summed E-state index contributed by atoms with van der Waals surface area (Å²) in [4.78, 5) is 13.5. The highest BCUT2D eigenvalue weighted by Crippen LogP contribution is 2.38. The molecule has 2 aromatic rings. The highest BCUT2D eigenvalue weighted by atomic mass is 79.9. The molecule has 0 saturated heterocycles. The van der Waals surface area contributed by atoms with Crippen LogP contribution in [-0.2, 0) is 6.42 Å². The second-order valence-corrected chi connectivity index (χ2v) is 5.46. The number of rotatable bonds is 4. The van der Waals surface area contributed by atoms with Gasteiger partial charge in [0.05, 0.1) is 0 Å². The Kier molecular flexibility index (Phi) is 3.16. The molecule has 1 saturated carbocycles. The number of imidazole rings is 1. The average molecular weight is 307 g/mol. The molecule has 0 spiro atoms. The van der Waals surface area contributed by atoms with Gasteiger partial charge in [-0.15, -0.1) is 0 Å². The molecular weight excluding hydrogens is 292 g/mol. The molecule has 1 fully saturated rings. The summed E-state index contributed by atoms with van der Waals surface area (Å²) >= 11 is 3.47. The smallest absolute Gasteiger partial charge is 0.142 e. The maximum absolute atomic E-state index is 4.66. The molecule has 0 amide bonds. The van der Waals surface area contributed by atoms with Crippen molar-refractivity contribution < 1.29 is 0 Å². The third-order valence-corrected chi connectivity index (χ3v) is 3.49. The molecule has 1 aliphatic carbocycles. The van der Waals surface area contributed by atoms with Gasteiger partial charge in [0.15, 0.2) is 0 Å². The first-order chi connectivity index (χ1) is 8.78. The van der Waals surface area contributed by atoms with Gasteiger partial charge < -0.3 is 0 Å². The fourth-order valence-electron chi connectivity index (χ4n) is 2.02. The van der Waals surface area contributed by atoms with Crippen LogP contribution in [0.4, 0.5) is 0 Å². The van der Waals surface area contributed by atoms with E-state index in [0.717, 1.165) is 34.9 Å². The van der Waals surface area contributed by atoms with Crippen LogP contribution in [0.15, 0.2) is 23.1 Å². The third-order valence-electron chi connectivity index (χ3n) is 3.08. The number of aryl methyl sites for hydroxylation is 1. The van der Waals surface area contributed by atoms with E-state index >= 15 is 0 Å². The molecule has 2 heterocycles. The van der Waals surface area contributed by atoms with Gasteiger partial charge in [-0.1, -0.05) is 6.92 Å². The standard InChI is InChI=1S/C13H15BrN4/c1-2-3-11-15-6-7-18(11)12-8-10(14)16-13(17-12)9-4-5-9/h6-9H,2-5H2,1H3. The second kappa shape index (κ2) is 4.80. The number of aromatic nitrogens is 4. The molecule has 0 unspecified atom stereocenters. The van der Waals surface area contributed by atoms with Crippen molar-refractivity contribution >= 4 is 15.9 Å². The zero-order chi connectivity index (χ0) is 12.5. The van der Waals surface area contributed by atoms with Crippen LogP contribution in [0.1, 0.15) is 43.8 Å². The minimum absolute atomic E-state index is 0.555. The average Bonchev–Trinajstić information content (AvgIpc) is 3.10. The Labute approximate surface area is 115 Å². The van der Waals surface area contributed by atoms with Crippen molar-refractivity contribution in [1.29, 1.82) is 0 Å². The predicted octanol–water partition coefficient (Wildman–Crippen LogP) is 3.25. The summed E-state index contributed by atoms with van der Waals surface area (Å²) in [6.45, 7) is 2.16. The molecule has 2 aromatic heterocycles. The summed E-state index contributed by atoms with van der Waals surface area (Å²) < 4.78 is 2.91. The van der Waals surface area contributed by atoms with Crippen LogP contribution in [0.25, 0.3) is 5.82 Å². The Morgan fingerprint density at radius 1 is 1.39 bits per heavy atom. The van der Waals surface area contributed by atoms with Crippen LogP contribution in [-0.4, -0.2) is 19.5 Å². The number of halogens is 1. The first-order valence-electron chi connectivity index (χ1n) is 6.35. The van der Waals surface area contributed by atoms with Crippen LogP contribution < -0.4 is 0 Å². The fourth-order valence-corrected chi connectivity index (χ4v) is 2.41. The largest absolute Gasteiger partial charge is 0.288 e. The number of hydrogen-bond donors (Lipinski definition) is 0. The Morgan fingerprint density at radius 2 is 2.22 bits per heavy atom. The summed E-state index contributed by atoms with van der Waals surface area (Å²) in [5.74, 6) is 3.49. The van der Waals surface area contributed by atoms with Gasteiger partial charge in [-0.2, -0.15) is 0 Å². The van der Waals surface area contributed by atoms with Crippen molar-refractivity contribution in [3.63, 3.8) is 0 Å². The van der Waals surface area contributed by atoms with Gasteiger partial charge in [-0.25, -0.2) is 15.0 Å². The van der Waals surface area contributed by atoms with E-state index in [-0.39, 0.29) is 0 Å². The van der Waals surface area contributed by atoms with Gasteiger partial charge in [0.25, 0.3) is 0 Å². The zero-order valence-corrected chi connectivity index (χ0v) is 11.9. The normalized spacial score (nSPS) is 15.0. The van der Waals surface area contributed by atoms with Gasteiger partial charge in [0.2, 0.25) is 0 Å². The summed E-state index contributed by atoms with van der Waals surface area (Å²) in [5, 5.41) is 0. The highest BCUT2D eigenvalue weighted by molar-refractivity contribution is 9.10. The molecule has 0 atom stereocenters. The molecule has 0 bridgehead atoms. The number of nitrogens with zero attached hydrogens (tertiary/aromatic N) is 4. The molecule has 0 radical (unpaired) electrons. The summed E-state index contributed by atoms with van der Waals surface area (Å²) in [6.07, 6.45) is 8.27. The summed E-state index contributed by atoms with van der Waals surface area (Å²) in [5.41, 5.74) is 0. The lowest BCUT2D eigenvalue weighted by molar-refractivity contribution is 0.783. The van der Waals surface area contributed by atoms with Crippen molar-refractivity contribution in [3.05, 3.63) is 34.7 Å². The van der Waals surface area contributed by atoms with Crippen molar-refractivity contribution in [1.82, 2.24) is 19.5 Å². The molecule has 0 aliphatic heterocycles. The quantitative estimate of drug-likeness (QED) is 0.814. The van der Waals surface area contributed by atoms with Crippen LogP contribution in [0, 0.1) is 0 Å². The molecule has 3 rings (SSSR count). The van der Waals surface area contributed by atoms with Crippen LogP contribution in [0.2, 0.25) is 0 Å². The molecule has 5 heteroatoms. The van der Waals surface area contributed by atoms with Gasteiger partial charge in [-0.05, 0) is 35.2 Å². The van der Waals surface area contributed by atoms with E-state index in [4.69, 9.17) is 0 Å². The molecule has 0 N–H and O–H groups in total. The molecule has 18 heavy (non-hydrogen) atoms. The van der Waals surface area contributed by atoms with E-state index in [1.54, 1.807) is 0 Å². The van der Waals surface area contributed by atoms with E-state index in [1.165, 1.54) is 12.8 Å². The van der Waals surface area contributed by atoms with Gasteiger partial charge in [-0.3, -0.25) is 4.57 Å². The first kappa shape index (κ1) is 11.8. The van der Waals surface area contributed by atoms with E-state index in [2.05, 4.69) is 42.4 Å². The minimum Gasteiger partial charge on any atom is -0.288 e. The SMILES string of the molecule is CCCc1nccn1-c1cc(Br)nc(C2CC2)n1. The molecule has 1 aliphatic rings. The maximum atomic E-state index is 4.66. The maximum Gasteiger partial charge on any atom is 0.142 e. The molecular formula is C13H15BrN4. The van der Waals surface area contributed by atoms with Crippen molar-refractivity contribution in [3.8, 4) is 5.82 Å². The van der Waals surface area contributed by atoms with Crippen molar-refractivity contribution in [2.24, 2.45) is 0 Å². The highest BCUT2D eigenvalue weighted by Gasteiger charge is 2.27. The fraction of sp³-hybridized carbons (Fsp3) is 0.462. The van der Waals surface area contributed by atoms with Gasteiger partial charge >= 0.3 is 0 Å². The van der Waals surface area contributed by atoms with E-state index < -0.39 is 0 Å². The third kappa shape index (κ3) is 2.32. The lowest BCUT2D eigenvalue weighted by atomic mass is 10.3.